The minimum atomic E-state index is -0.0807. The average molecular weight is 213 g/mol. The molecule has 0 saturated carbocycles. The molecule has 2 saturated heterocycles. The smallest absolute Gasteiger partial charge is 0.320 e. The summed E-state index contributed by atoms with van der Waals surface area (Å²) in [5, 5.41) is 2.69. The minimum Gasteiger partial charge on any atom is -0.378 e. The molecule has 6 nitrogen and oxygen atoms in total. The van der Waals surface area contributed by atoms with Crippen molar-refractivity contribution >= 4 is 11.9 Å². The number of hydrogen-bond acceptors (Lipinski definition) is 3. The van der Waals surface area contributed by atoms with Gasteiger partial charge in [-0.25, -0.2) is 4.79 Å². The molecule has 0 aromatic rings. The first kappa shape index (κ1) is 10.2. The Morgan fingerprint density at radius 1 is 1.20 bits per heavy atom. The van der Waals surface area contributed by atoms with E-state index in [0.717, 1.165) is 0 Å². The van der Waals surface area contributed by atoms with Crippen LogP contribution >= 0.6 is 0 Å². The summed E-state index contributed by atoms with van der Waals surface area (Å²) in [7, 11) is 0. The number of hydrogen-bond donors (Lipinski definition) is 1. The van der Waals surface area contributed by atoms with Crippen LogP contribution in [0.3, 0.4) is 0 Å². The summed E-state index contributed by atoms with van der Waals surface area (Å²) in [5.41, 5.74) is 0. The van der Waals surface area contributed by atoms with E-state index in [9.17, 15) is 9.59 Å². The van der Waals surface area contributed by atoms with Gasteiger partial charge in [0, 0.05) is 26.2 Å². The number of ether oxygens (including phenoxy) is 1. The van der Waals surface area contributed by atoms with Gasteiger partial charge in [0.05, 0.1) is 13.2 Å². The Bertz CT molecular complexity index is 263. The van der Waals surface area contributed by atoms with Gasteiger partial charge in [-0.15, -0.1) is 0 Å². The van der Waals surface area contributed by atoms with Crippen LogP contribution in [0.25, 0.3) is 0 Å². The standard InChI is InChI=1S/C9H15N3O3/c13-8-7-12(2-1-10-8)9(14)11-3-5-15-6-4-11/h1-7H2,(H,10,13). The normalized spacial score (nSPS) is 22.5. The van der Waals surface area contributed by atoms with E-state index in [2.05, 4.69) is 5.32 Å². The number of rotatable bonds is 0. The lowest BCUT2D eigenvalue weighted by molar-refractivity contribution is -0.123. The molecule has 0 spiro atoms. The molecule has 0 radical (unpaired) electrons. The van der Waals surface area contributed by atoms with Gasteiger partial charge in [0.25, 0.3) is 0 Å². The first-order valence-electron chi connectivity index (χ1n) is 5.15. The van der Waals surface area contributed by atoms with Crippen LogP contribution in [0.4, 0.5) is 4.79 Å². The minimum absolute atomic E-state index is 0.0480. The second kappa shape index (κ2) is 4.48. The summed E-state index contributed by atoms with van der Waals surface area (Å²) in [4.78, 5) is 26.4. The fourth-order valence-electron chi connectivity index (χ4n) is 1.76. The van der Waals surface area contributed by atoms with Crippen molar-refractivity contribution in [3.8, 4) is 0 Å². The van der Waals surface area contributed by atoms with Crippen LogP contribution < -0.4 is 5.32 Å². The molecule has 0 aromatic carbocycles. The molecule has 2 heterocycles. The number of amides is 3. The van der Waals surface area contributed by atoms with Gasteiger partial charge in [0.2, 0.25) is 5.91 Å². The van der Waals surface area contributed by atoms with Crippen molar-refractivity contribution < 1.29 is 14.3 Å². The molecular formula is C9H15N3O3. The maximum absolute atomic E-state index is 11.9. The lowest BCUT2D eigenvalue weighted by Gasteiger charge is -2.34. The molecule has 6 heteroatoms. The van der Waals surface area contributed by atoms with Gasteiger partial charge in [-0.1, -0.05) is 0 Å². The van der Waals surface area contributed by atoms with Crippen LogP contribution in [0.5, 0.6) is 0 Å². The monoisotopic (exact) mass is 213 g/mol. The maximum Gasteiger partial charge on any atom is 0.320 e. The van der Waals surface area contributed by atoms with Gasteiger partial charge < -0.3 is 19.9 Å². The van der Waals surface area contributed by atoms with Gasteiger partial charge in [-0.3, -0.25) is 4.79 Å². The van der Waals surface area contributed by atoms with Crippen LogP contribution in [0.1, 0.15) is 0 Å². The third kappa shape index (κ3) is 2.38. The van der Waals surface area contributed by atoms with E-state index in [4.69, 9.17) is 4.74 Å². The molecule has 0 bridgehead atoms. The average Bonchev–Trinajstić information content (AvgIpc) is 2.29. The Morgan fingerprint density at radius 3 is 2.60 bits per heavy atom. The van der Waals surface area contributed by atoms with Crippen LogP contribution in [-0.4, -0.2) is 67.7 Å². The predicted molar refractivity (Wildman–Crippen MR) is 52.4 cm³/mol. The Labute approximate surface area is 88.2 Å². The van der Waals surface area contributed by atoms with E-state index >= 15 is 0 Å². The lowest BCUT2D eigenvalue weighted by atomic mass is 10.3. The van der Waals surface area contributed by atoms with Crippen molar-refractivity contribution in [2.24, 2.45) is 0 Å². The van der Waals surface area contributed by atoms with E-state index in [1.807, 2.05) is 0 Å². The number of nitrogens with zero attached hydrogens (tertiary/aromatic N) is 2. The number of nitrogens with one attached hydrogen (secondary N) is 1. The van der Waals surface area contributed by atoms with Crippen molar-refractivity contribution in [2.45, 2.75) is 0 Å². The number of carbonyl (C=O) groups excluding carboxylic acids is 2. The fourth-order valence-corrected chi connectivity index (χ4v) is 1.76. The topological polar surface area (TPSA) is 61.9 Å². The number of morpholine rings is 1. The molecule has 0 aromatic heterocycles. The molecule has 2 aliphatic heterocycles. The second-order valence-electron chi connectivity index (χ2n) is 3.65. The quantitative estimate of drug-likeness (QED) is 0.554. The molecule has 15 heavy (non-hydrogen) atoms. The molecule has 84 valence electrons. The van der Waals surface area contributed by atoms with Gasteiger partial charge >= 0.3 is 6.03 Å². The zero-order chi connectivity index (χ0) is 10.7. The predicted octanol–water partition coefficient (Wildman–Crippen LogP) is -1.13. The van der Waals surface area contributed by atoms with Gasteiger partial charge in [-0.05, 0) is 0 Å². The highest BCUT2D eigenvalue weighted by molar-refractivity contribution is 5.85. The van der Waals surface area contributed by atoms with Crippen LogP contribution in [0.15, 0.2) is 0 Å². The molecule has 0 atom stereocenters. The number of carbonyl (C=O) groups is 2. The molecule has 2 fully saturated rings. The van der Waals surface area contributed by atoms with E-state index in [1.54, 1.807) is 9.80 Å². The van der Waals surface area contributed by atoms with E-state index in [1.165, 1.54) is 0 Å². The van der Waals surface area contributed by atoms with Crippen molar-refractivity contribution in [3.63, 3.8) is 0 Å². The number of urea groups is 1. The van der Waals surface area contributed by atoms with Crippen molar-refractivity contribution in [3.05, 3.63) is 0 Å². The first-order chi connectivity index (χ1) is 7.27. The summed E-state index contributed by atoms with van der Waals surface area (Å²) in [5.74, 6) is -0.0807. The molecule has 3 amide bonds. The Morgan fingerprint density at radius 2 is 1.93 bits per heavy atom. The van der Waals surface area contributed by atoms with Crippen LogP contribution in [-0.2, 0) is 9.53 Å². The van der Waals surface area contributed by atoms with E-state index in [0.29, 0.717) is 39.4 Å². The van der Waals surface area contributed by atoms with Crippen molar-refractivity contribution in [1.82, 2.24) is 15.1 Å². The molecule has 0 aliphatic carbocycles. The van der Waals surface area contributed by atoms with E-state index in [-0.39, 0.29) is 18.5 Å². The number of piperazine rings is 1. The highest BCUT2D eigenvalue weighted by atomic mass is 16.5. The molecule has 2 rings (SSSR count). The third-order valence-electron chi connectivity index (χ3n) is 2.59. The van der Waals surface area contributed by atoms with Crippen molar-refractivity contribution in [2.75, 3.05) is 45.9 Å². The van der Waals surface area contributed by atoms with Crippen LogP contribution in [0, 0.1) is 0 Å². The van der Waals surface area contributed by atoms with Crippen molar-refractivity contribution in [1.29, 1.82) is 0 Å². The highest BCUT2D eigenvalue weighted by Crippen LogP contribution is 2.04. The fraction of sp³-hybridized carbons (Fsp3) is 0.778. The largest absolute Gasteiger partial charge is 0.378 e. The second-order valence-corrected chi connectivity index (χ2v) is 3.65. The summed E-state index contributed by atoms with van der Waals surface area (Å²) >= 11 is 0. The van der Waals surface area contributed by atoms with Gasteiger partial charge in [0.15, 0.2) is 0 Å². The Balaban J connectivity index is 1.90. The summed E-state index contributed by atoms with van der Waals surface area (Å²) in [6.45, 7) is 3.75. The van der Waals surface area contributed by atoms with Gasteiger partial charge in [0.1, 0.15) is 6.54 Å². The summed E-state index contributed by atoms with van der Waals surface area (Å²) in [6.07, 6.45) is 0. The first-order valence-corrected chi connectivity index (χ1v) is 5.15. The maximum atomic E-state index is 11.9. The Kier molecular flexibility index (Phi) is 3.05. The zero-order valence-electron chi connectivity index (χ0n) is 8.57. The molecule has 1 N–H and O–H groups in total. The molecular weight excluding hydrogens is 198 g/mol. The third-order valence-corrected chi connectivity index (χ3v) is 2.59. The van der Waals surface area contributed by atoms with Gasteiger partial charge in [-0.2, -0.15) is 0 Å². The van der Waals surface area contributed by atoms with E-state index < -0.39 is 0 Å². The summed E-state index contributed by atoms with van der Waals surface area (Å²) < 4.78 is 5.17. The summed E-state index contributed by atoms with van der Waals surface area (Å²) in [6, 6.07) is -0.0480. The highest BCUT2D eigenvalue weighted by Gasteiger charge is 2.26. The molecule has 2 aliphatic rings. The van der Waals surface area contributed by atoms with Crippen LogP contribution in [0.2, 0.25) is 0 Å². The SMILES string of the molecule is O=C1CN(C(=O)N2CCOCC2)CCN1. The molecule has 0 unspecified atom stereocenters. The lowest BCUT2D eigenvalue weighted by Crippen LogP contribution is -2.55. The Hall–Kier alpha value is -1.30. The zero-order valence-corrected chi connectivity index (χ0v) is 8.57.